The monoisotopic (exact) mass is 353 g/mol. The van der Waals surface area contributed by atoms with Crippen LogP contribution in [0.3, 0.4) is 0 Å². The molecule has 1 unspecified atom stereocenters. The third-order valence-corrected chi connectivity index (χ3v) is 5.09. The molecule has 1 fully saturated rings. The van der Waals surface area contributed by atoms with Gasteiger partial charge >= 0.3 is 0 Å². The number of rotatable bonds is 6. The molecule has 2 atom stereocenters. The van der Waals surface area contributed by atoms with Crippen molar-refractivity contribution in [3.63, 3.8) is 0 Å². The number of hydrogen-bond donors (Lipinski definition) is 2. The molecule has 1 aliphatic carbocycles. The first kappa shape index (κ1) is 17.2. The van der Waals surface area contributed by atoms with Crippen LogP contribution in [-0.4, -0.2) is 17.6 Å². The van der Waals surface area contributed by atoms with Crippen molar-refractivity contribution >= 4 is 5.82 Å². The number of nitrogen functional groups attached to an aromatic ring is 1. The molecule has 1 aliphatic heterocycles. The van der Waals surface area contributed by atoms with Crippen molar-refractivity contribution in [3.05, 3.63) is 36.0 Å². The van der Waals surface area contributed by atoms with Crippen LogP contribution in [0.1, 0.15) is 44.8 Å². The summed E-state index contributed by atoms with van der Waals surface area (Å²) in [6.45, 7) is 4.85. The number of nitrogens with zero attached hydrogens (tertiary/aromatic N) is 1. The Kier molecular flexibility index (Phi) is 4.49. The quantitative estimate of drug-likeness (QED) is 0.822. The van der Waals surface area contributed by atoms with E-state index in [0.29, 0.717) is 24.3 Å². The SMILES string of the molecule is CC(C)C[C@H](N)COc1ccc2c(c1)OC(C1CC1)c1c-2ccnc1N. The molecule has 1 aromatic carbocycles. The second kappa shape index (κ2) is 6.80. The van der Waals surface area contributed by atoms with Gasteiger partial charge in [0.1, 0.15) is 30.0 Å². The van der Waals surface area contributed by atoms with Gasteiger partial charge in [0, 0.05) is 35.3 Å². The van der Waals surface area contributed by atoms with Crippen LogP contribution in [0.15, 0.2) is 30.5 Å². The summed E-state index contributed by atoms with van der Waals surface area (Å²) in [7, 11) is 0. The summed E-state index contributed by atoms with van der Waals surface area (Å²) in [6.07, 6.45) is 5.06. The zero-order valence-electron chi connectivity index (χ0n) is 15.4. The van der Waals surface area contributed by atoms with Gasteiger partial charge in [-0.15, -0.1) is 0 Å². The zero-order valence-corrected chi connectivity index (χ0v) is 15.4. The summed E-state index contributed by atoms with van der Waals surface area (Å²) in [5.41, 5.74) is 15.5. The minimum absolute atomic E-state index is 0.00959. The molecule has 5 heteroatoms. The van der Waals surface area contributed by atoms with Crippen molar-refractivity contribution in [3.8, 4) is 22.6 Å². The van der Waals surface area contributed by atoms with E-state index in [2.05, 4.69) is 18.8 Å². The Labute approximate surface area is 154 Å². The highest BCUT2D eigenvalue weighted by Gasteiger charge is 2.40. The highest BCUT2D eigenvalue weighted by Crippen LogP contribution is 2.52. The topological polar surface area (TPSA) is 83.4 Å². The lowest BCUT2D eigenvalue weighted by Gasteiger charge is -2.30. The molecule has 5 nitrogen and oxygen atoms in total. The van der Waals surface area contributed by atoms with E-state index in [1.807, 2.05) is 24.3 Å². The lowest BCUT2D eigenvalue weighted by atomic mass is 9.91. The molecule has 2 heterocycles. The van der Waals surface area contributed by atoms with Crippen LogP contribution in [0.25, 0.3) is 11.1 Å². The van der Waals surface area contributed by atoms with Crippen molar-refractivity contribution in [2.45, 2.75) is 45.3 Å². The minimum Gasteiger partial charge on any atom is -0.492 e. The third-order valence-electron chi connectivity index (χ3n) is 5.09. The van der Waals surface area contributed by atoms with E-state index < -0.39 is 0 Å². The molecule has 0 amide bonds. The zero-order chi connectivity index (χ0) is 18.3. The lowest BCUT2D eigenvalue weighted by Crippen LogP contribution is -2.29. The van der Waals surface area contributed by atoms with E-state index in [1.165, 1.54) is 12.8 Å². The Balaban J connectivity index is 1.59. The first-order valence-corrected chi connectivity index (χ1v) is 9.46. The maximum absolute atomic E-state index is 6.34. The maximum Gasteiger partial charge on any atom is 0.131 e. The van der Waals surface area contributed by atoms with Crippen molar-refractivity contribution in [1.29, 1.82) is 0 Å². The second-order valence-electron chi connectivity index (χ2n) is 7.89. The van der Waals surface area contributed by atoms with Crippen LogP contribution in [0, 0.1) is 11.8 Å². The second-order valence-corrected chi connectivity index (χ2v) is 7.89. The highest BCUT2D eigenvalue weighted by molar-refractivity contribution is 5.79. The van der Waals surface area contributed by atoms with Crippen molar-refractivity contribution in [2.24, 2.45) is 17.6 Å². The molecule has 0 bridgehead atoms. The average molecular weight is 353 g/mol. The van der Waals surface area contributed by atoms with E-state index in [1.54, 1.807) is 6.20 Å². The number of nitrogens with two attached hydrogens (primary N) is 2. The predicted octanol–water partition coefficient (Wildman–Crippen LogP) is 3.93. The standard InChI is InChI=1S/C21H27N3O2/c1-12(2)9-14(22)11-25-15-5-6-16-17-7-8-24-21(23)19(17)20(13-3-4-13)26-18(16)10-15/h5-8,10,12-14,20H,3-4,9,11,22H2,1-2H3,(H2,23,24)/t14-,20?/m0/s1. The molecule has 4 N–H and O–H groups in total. The number of benzene rings is 1. The predicted molar refractivity (Wildman–Crippen MR) is 103 cm³/mol. The number of ether oxygens (including phenoxy) is 2. The van der Waals surface area contributed by atoms with Crippen LogP contribution in [-0.2, 0) is 0 Å². The Hall–Kier alpha value is -2.27. The number of aromatic nitrogens is 1. The molecule has 0 radical (unpaired) electrons. The number of fused-ring (bicyclic) bond motifs is 3. The van der Waals surface area contributed by atoms with E-state index in [4.69, 9.17) is 20.9 Å². The van der Waals surface area contributed by atoms with Gasteiger partial charge in [0.2, 0.25) is 0 Å². The summed E-state index contributed by atoms with van der Waals surface area (Å²) < 4.78 is 12.3. The fourth-order valence-corrected chi connectivity index (χ4v) is 3.74. The van der Waals surface area contributed by atoms with Crippen molar-refractivity contribution < 1.29 is 9.47 Å². The minimum atomic E-state index is -0.00959. The van der Waals surface area contributed by atoms with E-state index in [0.717, 1.165) is 34.6 Å². The van der Waals surface area contributed by atoms with Crippen LogP contribution in [0.2, 0.25) is 0 Å². The number of hydrogen-bond acceptors (Lipinski definition) is 5. The van der Waals surface area contributed by atoms with Crippen molar-refractivity contribution in [1.82, 2.24) is 4.98 Å². The van der Waals surface area contributed by atoms with Gasteiger partial charge < -0.3 is 20.9 Å². The first-order chi connectivity index (χ1) is 12.5. The molecule has 2 aromatic rings. The summed E-state index contributed by atoms with van der Waals surface area (Å²) in [5, 5.41) is 0. The summed E-state index contributed by atoms with van der Waals surface area (Å²) in [6, 6.07) is 8.06. The van der Waals surface area contributed by atoms with Crippen molar-refractivity contribution in [2.75, 3.05) is 12.3 Å². The average Bonchev–Trinajstić information content (AvgIpc) is 3.43. The van der Waals surface area contributed by atoms with E-state index >= 15 is 0 Å². The number of pyridine rings is 1. The van der Waals surface area contributed by atoms with Crippen LogP contribution >= 0.6 is 0 Å². The normalized spacial score (nSPS) is 19.5. The first-order valence-electron chi connectivity index (χ1n) is 9.46. The third kappa shape index (κ3) is 3.36. The van der Waals surface area contributed by atoms with Gasteiger partial charge in [0.15, 0.2) is 0 Å². The van der Waals surface area contributed by atoms with Gasteiger partial charge in [-0.05, 0) is 48.9 Å². The van der Waals surface area contributed by atoms with Gasteiger partial charge in [-0.1, -0.05) is 13.8 Å². The number of anilines is 1. The van der Waals surface area contributed by atoms with Crippen LogP contribution < -0.4 is 20.9 Å². The van der Waals surface area contributed by atoms with E-state index in [9.17, 15) is 0 Å². The Morgan fingerprint density at radius 1 is 1.23 bits per heavy atom. The fraction of sp³-hybridized carbons (Fsp3) is 0.476. The summed E-state index contributed by atoms with van der Waals surface area (Å²) in [4.78, 5) is 4.27. The highest BCUT2D eigenvalue weighted by atomic mass is 16.5. The molecular weight excluding hydrogens is 326 g/mol. The maximum atomic E-state index is 6.34. The fourth-order valence-electron chi connectivity index (χ4n) is 3.74. The summed E-state index contributed by atoms with van der Waals surface area (Å²) in [5.74, 6) is 3.32. The Morgan fingerprint density at radius 3 is 2.77 bits per heavy atom. The Bertz CT molecular complexity index is 802. The molecular formula is C21H27N3O2. The molecule has 4 rings (SSSR count). The Morgan fingerprint density at radius 2 is 2.04 bits per heavy atom. The molecule has 1 aromatic heterocycles. The molecule has 1 saturated carbocycles. The van der Waals surface area contributed by atoms with Gasteiger partial charge in [-0.25, -0.2) is 4.98 Å². The van der Waals surface area contributed by atoms with Crippen LogP contribution in [0.4, 0.5) is 5.82 Å². The molecule has 0 spiro atoms. The summed E-state index contributed by atoms with van der Waals surface area (Å²) >= 11 is 0. The van der Waals surface area contributed by atoms with E-state index in [-0.39, 0.29) is 12.1 Å². The van der Waals surface area contributed by atoms with Gasteiger partial charge in [-0.3, -0.25) is 0 Å². The molecule has 0 saturated heterocycles. The molecule has 26 heavy (non-hydrogen) atoms. The largest absolute Gasteiger partial charge is 0.492 e. The lowest BCUT2D eigenvalue weighted by molar-refractivity contribution is 0.177. The van der Waals surface area contributed by atoms with Gasteiger partial charge in [0.05, 0.1) is 0 Å². The smallest absolute Gasteiger partial charge is 0.131 e. The molecule has 138 valence electrons. The van der Waals surface area contributed by atoms with Gasteiger partial charge in [-0.2, -0.15) is 0 Å². The van der Waals surface area contributed by atoms with Crippen LogP contribution in [0.5, 0.6) is 11.5 Å². The van der Waals surface area contributed by atoms with Gasteiger partial charge in [0.25, 0.3) is 0 Å². The molecule has 2 aliphatic rings.